The molecule has 4 nitrogen and oxygen atoms in total. The van der Waals surface area contributed by atoms with Crippen LogP contribution >= 0.6 is 11.6 Å². The van der Waals surface area contributed by atoms with E-state index in [4.69, 9.17) is 11.6 Å². The van der Waals surface area contributed by atoms with E-state index in [1.807, 2.05) is 0 Å². The van der Waals surface area contributed by atoms with Gasteiger partial charge in [-0.15, -0.1) is 0 Å². The average molecular weight is 334 g/mol. The molecule has 1 N–H and O–H groups in total. The van der Waals surface area contributed by atoms with Gasteiger partial charge in [-0.25, -0.2) is 13.5 Å². The molecule has 0 spiro atoms. The first-order chi connectivity index (χ1) is 11.0. The van der Waals surface area contributed by atoms with Crippen LogP contribution in [-0.4, -0.2) is 15.7 Å². The predicted molar refractivity (Wildman–Crippen MR) is 82.9 cm³/mol. The summed E-state index contributed by atoms with van der Waals surface area (Å²) < 4.78 is 28.5. The summed E-state index contributed by atoms with van der Waals surface area (Å²) in [6.45, 7) is 0. The van der Waals surface area contributed by atoms with Crippen molar-refractivity contribution in [3.8, 4) is 5.69 Å². The largest absolute Gasteiger partial charge is 0.317 e. The van der Waals surface area contributed by atoms with Crippen LogP contribution in [0, 0.1) is 11.6 Å². The predicted octanol–water partition coefficient (Wildman–Crippen LogP) is 4.06. The second-order valence-electron chi connectivity index (χ2n) is 4.70. The summed E-state index contributed by atoms with van der Waals surface area (Å²) in [7, 11) is 0. The molecule has 3 aromatic rings. The highest BCUT2D eigenvalue weighted by atomic mass is 35.5. The molecular weight excluding hydrogens is 324 g/mol. The maximum atomic E-state index is 13.6. The summed E-state index contributed by atoms with van der Waals surface area (Å²) in [6, 6.07) is 10.2. The van der Waals surface area contributed by atoms with Crippen LogP contribution in [-0.2, 0) is 0 Å². The minimum Gasteiger partial charge on any atom is -0.317 e. The molecule has 116 valence electrons. The second-order valence-corrected chi connectivity index (χ2v) is 5.14. The fourth-order valence-electron chi connectivity index (χ4n) is 2.00. The summed E-state index contributed by atoms with van der Waals surface area (Å²) in [5.74, 6) is -2.36. The number of nitrogens with one attached hydrogen (secondary N) is 1. The topological polar surface area (TPSA) is 46.9 Å². The van der Waals surface area contributed by atoms with Gasteiger partial charge in [0.2, 0.25) is 0 Å². The quantitative estimate of drug-likeness (QED) is 0.785. The maximum absolute atomic E-state index is 13.6. The lowest BCUT2D eigenvalue weighted by Crippen LogP contribution is -2.13. The monoisotopic (exact) mass is 333 g/mol. The zero-order valence-corrected chi connectivity index (χ0v) is 12.4. The van der Waals surface area contributed by atoms with E-state index < -0.39 is 23.2 Å². The number of hydrogen-bond donors (Lipinski definition) is 1. The first-order valence-electron chi connectivity index (χ1n) is 6.60. The molecule has 2 aromatic carbocycles. The van der Waals surface area contributed by atoms with E-state index in [0.29, 0.717) is 10.7 Å². The molecule has 1 heterocycles. The Morgan fingerprint density at radius 1 is 1.13 bits per heavy atom. The van der Waals surface area contributed by atoms with Gasteiger partial charge in [0.1, 0.15) is 17.3 Å². The van der Waals surface area contributed by atoms with Crippen LogP contribution in [0.4, 0.5) is 14.5 Å². The molecule has 0 saturated carbocycles. The highest BCUT2D eigenvalue weighted by Gasteiger charge is 2.15. The third-order valence-electron chi connectivity index (χ3n) is 3.12. The molecule has 0 saturated heterocycles. The van der Waals surface area contributed by atoms with Crippen LogP contribution in [0.25, 0.3) is 5.69 Å². The van der Waals surface area contributed by atoms with Gasteiger partial charge in [0.15, 0.2) is 0 Å². The Hall–Kier alpha value is -2.73. The van der Waals surface area contributed by atoms with E-state index in [-0.39, 0.29) is 5.56 Å². The number of halogens is 3. The molecule has 3 rings (SSSR count). The van der Waals surface area contributed by atoms with Gasteiger partial charge in [-0.2, -0.15) is 5.10 Å². The van der Waals surface area contributed by atoms with E-state index in [1.165, 1.54) is 23.1 Å². The van der Waals surface area contributed by atoms with Crippen LogP contribution in [0.1, 0.15) is 10.4 Å². The highest BCUT2D eigenvalue weighted by molar-refractivity contribution is 6.30. The molecule has 0 aliphatic heterocycles. The number of nitrogens with zero attached hydrogens (tertiary/aromatic N) is 2. The zero-order chi connectivity index (χ0) is 16.4. The van der Waals surface area contributed by atoms with Crippen LogP contribution in [0.3, 0.4) is 0 Å². The van der Waals surface area contributed by atoms with E-state index in [2.05, 4.69) is 10.4 Å². The number of para-hydroxylation sites is 1. The molecule has 0 unspecified atom stereocenters. The van der Waals surface area contributed by atoms with Gasteiger partial charge in [-0.1, -0.05) is 23.7 Å². The molecule has 0 radical (unpaired) electrons. The van der Waals surface area contributed by atoms with Crippen LogP contribution in [0.5, 0.6) is 0 Å². The van der Waals surface area contributed by atoms with Crippen LogP contribution in [0.15, 0.2) is 54.9 Å². The van der Waals surface area contributed by atoms with Crippen molar-refractivity contribution < 1.29 is 13.6 Å². The Morgan fingerprint density at radius 3 is 2.52 bits per heavy atom. The fraction of sp³-hybridized carbons (Fsp3) is 0. The number of carbonyl (C=O) groups is 1. The minimum atomic E-state index is -0.847. The Balaban J connectivity index is 1.84. The number of hydrogen-bond acceptors (Lipinski definition) is 2. The van der Waals surface area contributed by atoms with E-state index in [9.17, 15) is 13.6 Å². The summed E-state index contributed by atoms with van der Waals surface area (Å²) in [4.78, 5) is 12.1. The second kappa shape index (κ2) is 6.18. The zero-order valence-electron chi connectivity index (χ0n) is 11.6. The lowest BCUT2D eigenvalue weighted by Gasteiger charge is -2.06. The van der Waals surface area contributed by atoms with Crippen molar-refractivity contribution in [1.29, 1.82) is 0 Å². The first kappa shape index (κ1) is 15.2. The average Bonchev–Trinajstić information content (AvgIpc) is 3.01. The number of carbonyl (C=O) groups excluding carboxylic acids is 1. The number of rotatable bonds is 3. The lowest BCUT2D eigenvalue weighted by atomic mass is 10.2. The molecule has 0 aliphatic carbocycles. The van der Waals surface area contributed by atoms with E-state index in [0.717, 1.165) is 12.1 Å². The van der Waals surface area contributed by atoms with Gasteiger partial charge in [-0.05, 0) is 30.3 Å². The van der Waals surface area contributed by atoms with Crippen molar-refractivity contribution in [1.82, 2.24) is 9.78 Å². The molecule has 0 atom stereocenters. The number of amides is 1. The van der Waals surface area contributed by atoms with E-state index in [1.54, 1.807) is 24.3 Å². The van der Waals surface area contributed by atoms with Gasteiger partial charge in [0.05, 0.1) is 17.4 Å². The van der Waals surface area contributed by atoms with Crippen LogP contribution < -0.4 is 5.32 Å². The molecule has 1 aromatic heterocycles. The van der Waals surface area contributed by atoms with Crippen molar-refractivity contribution in [2.45, 2.75) is 0 Å². The number of aromatic nitrogens is 2. The molecule has 1 amide bonds. The summed E-state index contributed by atoms with van der Waals surface area (Å²) in [5.41, 5.74) is 0.328. The van der Waals surface area contributed by atoms with Crippen molar-refractivity contribution in [2.24, 2.45) is 0 Å². The molecule has 0 aliphatic rings. The summed E-state index contributed by atoms with van der Waals surface area (Å²) in [5, 5.41) is 6.77. The van der Waals surface area contributed by atoms with Crippen molar-refractivity contribution >= 4 is 23.2 Å². The standard InChI is InChI=1S/C16H10ClF2N3O/c17-11-3-1-4-12(7-11)22-9-10(8-20-22)16(23)21-15-13(18)5-2-6-14(15)19/h1-9H,(H,21,23). The SMILES string of the molecule is O=C(Nc1c(F)cccc1F)c1cnn(-c2cccc(Cl)c2)c1. The van der Waals surface area contributed by atoms with Gasteiger partial charge in [-0.3, -0.25) is 4.79 Å². The van der Waals surface area contributed by atoms with Crippen molar-refractivity contribution in [3.05, 3.63) is 77.1 Å². The molecule has 0 bridgehead atoms. The Morgan fingerprint density at radius 2 is 1.83 bits per heavy atom. The van der Waals surface area contributed by atoms with Crippen molar-refractivity contribution in [3.63, 3.8) is 0 Å². The lowest BCUT2D eigenvalue weighted by molar-refractivity contribution is 0.102. The summed E-state index contributed by atoms with van der Waals surface area (Å²) >= 11 is 5.90. The fourth-order valence-corrected chi connectivity index (χ4v) is 2.19. The van der Waals surface area contributed by atoms with Crippen LogP contribution in [0.2, 0.25) is 5.02 Å². The molecule has 0 fully saturated rings. The first-order valence-corrected chi connectivity index (χ1v) is 6.98. The highest BCUT2D eigenvalue weighted by Crippen LogP contribution is 2.19. The van der Waals surface area contributed by atoms with Crippen molar-refractivity contribution in [2.75, 3.05) is 5.32 Å². The molecule has 23 heavy (non-hydrogen) atoms. The number of anilines is 1. The third-order valence-corrected chi connectivity index (χ3v) is 3.35. The number of benzene rings is 2. The van der Waals surface area contributed by atoms with Gasteiger partial charge < -0.3 is 5.32 Å². The molecule has 7 heteroatoms. The summed E-state index contributed by atoms with van der Waals surface area (Å²) in [6.07, 6.45) is 2.74. The van der Waals surface area contributed by atoms with Gasteiger partial charge in [0, 0.05) is 11.2 Å². The Bertz CT molecular complexity index is 859. The van der Waals surface area contributed by atoms with Gasteiger partial charge in [0.25, 0.3) is 5.91 Å². The molecular formula is C16H10ClF2N3O. The Kier molecular flexibility index (Phi) is 4.08. The Labute approximate surface area is 135 Å². The third kappa shape index (κ3) is 3.22. The minimum absolute atomic E-state index is 0.160. The van der Waals surface area contributed by atoms with Gasteiger partial charge >= 0.3 is 0 Å². The smallest absolute Gasteiger partial charge is 0.259 e. The maximum Gasteiger partial charge on any atom is 0.259 e. The normalized spacial score (nSPS) is 10.6. The van der Waals surface area contributed by atoms with E-state index >= 15 is 0 Å².